The molecule has 0 radical (unpaired) electrons. The molecule has 2 aromatic rings. The van der Waals surface area contributed by atoms with Crippen molar-refractivity contribution in [2.75, 3.05) is 11.9 Å². The number of nitrogens with zero attached hydrogens (tertiary/aromatic N) is 2. The van der Waals surface area contributed by atoms with Gasteiger partial charge in [-0.3, -0.25) is 10.1 Å². The topological polar surface area (TPSA) is 71.9 Å². The Morgan fingerprint density at radius 3 is 3.19 bits per heavy atom. The molecule has 1 aliphatic heterocycles. The van der Waals surface area contributed by atoms with E-state index in [1.807, 2.05) is 16.8 Å². The molecule has 0 aromatic carbocycles. The van der Waals surface area contributed by atoms with Crippen LogP contribution in [0.5, 0.6) is 0 Å². The van der Waals surface area contributed by atoms with Gasteiger partial charge in [-0.15, -0.1) is 0 Å². The summed E-state index contributed by atoms with van der Waals surface area (Å²) in [6.07, 6.45) is 4.40. The minimum atomic E-state index is -0.166. The highest BCUT2D eigenvalue weighted by Gasteiger charge is 2.18. The molecule has 0 saturated heterocycles. The van der Waals surface area contributed by atoms with Gasteiger partial charge in [-0.05, 0) is 17.5 Å². The van der Waals surface area contributed by atoms with Gasteiger partial charge in [0.1, 0.15) is 5.69 Å². The van der Waals surface area contributed by atoms with Crippen molar-refractivity contribution < 1.29 is 9.53 Å². The number of rotatable bonds is 4. The minimum Gasteiger partial charge on any atom is -0.376 e. The summed E-state index contributed by atoms with van der Waals surface area (Å²) in [5.74, 6) is 0.905. The number of imidazole rings is 1. The Bertz CT molecular complexity index is 618. The average Bonchev–Trinajstić information content (AvgIpc) is 3.05. The summed E-state index contributed by atoms with van der Waals surface area (Å²) in [7, 11) is 0. The third kappa shape index (κ3) is 3.00. The highest BCUT2D eigenvalue weighted by Crippen LogP contribution is 2.18. The lowest BCUT2D eigenvalue weighted by Gasteiger charge is -2.10. The summed E-state index contributed by atoms with van der Waals surface area (Å²) in [6.45, 7) is 6.36. The number of ether oxygens (including phenoxy) is 1. The molecule has 0 aliphatic carbocycles. The fourth-order valence-corrected chi connectivity index (χ4v) is 2.51. The summed E-state index contributed by atoms with van der Waals surface area (Å²) in [5, 5.41) is 2.86. The molecular weight excluding hydrogens is 268 g/mol. The molecule has 3 heterocycles. The van der Waals surface area contributed by atoms with E-state index in [0.717, 1.165) is 24.2 Å². The van der Waals surface area contributed by atoms with E-state index in [9.17, 15) is 4.79 Å². The molecule has 0 unspecified atom stereocenters. The van der Waals surface area contributed by atoms with Gasteiger partial charge in [0.25, 0.3) is 5.91 Å². The van der Waals surface area contributed by atoms with Crippen LogP contribution in [-0.4, -0.2) is 27.0 Å². The predicted molar refractivity (Wildman–Crippen MR) is 79.2 cm³/mol. The Balaban J connectivity index is 1.74. The monoisotopic (exact) mass is 288 g/mol. The summed E-state index contributed by atoms with van der Waals surface area (Å²) in [4.78, 5) is 19.7. The minimum absolute atomic E-state index is 0.166. The summed E-state index contributed by atoms with van der Waals surface area (Å²) in [5.41, 5.74) is 2.72. The van der Waals surface area contributed by atoms with E-state index in [2.05, 4.69) is 29.1 Å². The second kappa shape index (κ2) is 5.73. The van der Waals surface area contributed by atoms with E-state index in [0.29, 0.717) is 30.8 Å². The molecule has 0 atom stereocenters. The van der Waals surface area contributed by atoms with Crippen LogP contribution < -0.4 is 5.32 Å². The highest BCUT2D eigenvalue weighted by atomic mass is 16.5. The van der Waals surface area contributed by atoms with E-state index in [4.69, 9.17) is 4.74 Å². The number of aromatic amines is 1. The maximum atomic E-state index is 12.3. The van der Waals surface area contributed by atoms with E-state index >= 15 is 0 Å². The molecule has 0 saturated carbocycles. The van der Waals surface area contributed by atoms with Crippen LogP contribution in [0.25, 0.3) is 0 Å². The standard InChI is InChI=1S/C15H20N4O2/c1-10(2)8-19-5-4-16-15(19)18-14(20)13-7-11-9-21-6-3-12(11)17-13/h4-5,7,10,17H,3,6,8-9H2,1-2H3,(H,16,18,20). The average molecular weight is 288 g/mol. The Morgan fingerprint density at radius 2 is 2.43 bits per heavy atom. The maximum absolute atomic E-state index is 12.3. The van der Waals surface area contributed by atoms with Crippen LogP contribution in [0.15, 0.2) is 18.5 Å². The first-order valence-corrected chi connectivity index (χ1v) is 7.24. The number of hydrogen-bond donors (Lipinski definition) is 2. The number of hydrogen-bond acceptors (Lipinski definition) is 3. The third-order valence-electron chi connectivity index (χ3n) is 3.49. The number of nitrogens with one attached hydrogen (secondary N) is 2. The third-order valence-corrected chi connectivity index (χ3v) is 3.49. The molecule has 0 bridgehead atoms. The number of carbonyl (C=O) groups excluding carboxylic acids is 1. The van der Waals surface area contributed by atoms with Crippen molar-refractivity contribution >= 4 is 11.9 Å². The molecule has 112 valence electrons. The van der Waals surface area contributed by atoms with E-state index in [-0.39, 0.29) is 5.91 Å². The van der Waals surface area contributed by atoms with Gasteiger partial charge in [-0.1, -0.05) is 13.8 Å². The molecule has 3 rings (SSSR count). The lowest BCUT2D eigenvalue weighted by molar-refractivity contribution is 0.102. The van der Waals surface area contributed by atoms with E-state index in [1.54, 1.807) is 6.20 Å². The molecule has 0 spiro atoms. The second-order valence-electron chi connectivity index (χ2n) is 5.74. The van der Waals surface area contributed by atoms with Crippen molar-refractivity contribution in [1.29, 1.82) is 0 Å². The van der Waals surface area contributed by atoms with Gasteiger partial charge in [0.15, 0.2) is 0 Å². The van der Waals surface area contributed by atoms with Crippen LogP contribution in [0.1, 0.15) is 35.6 Å². The number of amides is 1. The molecule has 2 N–H and O–H groups in total. The molecular formula is C15H20N4O2. The van der Waals surface area contributed by atoms with Crippen molar-refractivity contribution in [3.63, 3.8) is 0 Å². The number of fused-ring (bicyclic) bond motifs is 1. The molecule has 1 amide bonds. The Hall–Kier alpha value is -2.08. The van der Waals surface area contributed by atoms with Crippen LogP contribution in [0.4, 0.5) is 5.95 Å². The smallest absolute Gasteiger partial charge is 0.274 e. The zero-order valence-corrected chi connectivity index (χ0v) is 12.3. The van der Waals surface area contributed by atoms with Crippen LogP contribution in [0.2, 0.25) is 0 Å². The maximum Gasteiger partial charge on any atom is 0.274 e. The lowest BCUT2D eigenvalue weighted by atomic mass is 10.2. The predicted octanol–water partition coefficient (Wildman–Crippen LogP) is 2.19. The SMILES string of the molecule is CC(C)Cn1ccnc1NC(=O)c1cc2c([nH]1)CCOC2. The first-order valence-electron chi connectivity index (χ1n) is 7.24. The van der Waals surface area contributed by atoms with Gasteiger partial charge < -0.3 is 14.3 Å². The molecule has 2 aromatic heterocycles. The first kappa shape index (κ1) is 13.9. The zero-order valence-electron chi connectivity index (χ0n) is 12.3. The van der Waals surface area contributed by atoms with Gasteiger partial charge in [0.05, 0.1) is 13.2 Å². The van der Waals surface area contributed by atoms with Crippen molar-refractivity contribution in [3.8, 4) is 0 Å². The molecule has 0 fully saturated rings. The first-order chi connectivity index (χ1) is 10.1. The Kier molecular flexibility index (Phi) is 3.79. The second-order valence-corrected chi connectivity index (χ2v) is 5.74. The summed E-state index contributed by atoms with van der Waals surface area (Å²) < 4.78 is 7.34. The van der Waals surface area contributed by atoms with Crippen LogP contribution in [-0.2, 0) is 24.3 Å². The van der Waals surface area contributed by atoms with Gasteiger partial charge in [0, 0.05) is 31.1 Å². The molecule has 21 heavy (non-hydrogen) atoms. The van der Waals surface area contributed by atoms with Gasteiger partial charge in [0.2, 0.25) is 5.95 Å². The fraction of sp³-hybridized carbons (Fsp3) is 0.467. The zero-order chi connectivity index (χ0) is 14.8. The Morgan fingerprint density at radius 1 is 1.57 bits per heavy atom. The van der Waals surface area contributed by atoms with Crippen molar-refractivity contribution in [2.24, 2.45) is 5.92 Å². The van der Waals surface area contributed by atoms with E-state index in [1.165, 1.54) is 0 Å². The number of carbonyl (C=O) groups is 1. The summed E-state index contributed by atoms with van der Waals surface area (Å²) in [6, 6.07) is 1.86. The van der Waals surface area contributed by atoms with Crippen LogP contribution in [0, 0.1) is 5.92 Å². The van der Waals surface area contributed by atoms with Crippen molar-refractivity contribution in [3.05, 3.63) is 35.4 Å². The van der Waals surface area contributed by atoms with E-state index < -0.39 is 0 Å². The number of anilines is 1. The largest absolute Gasteiger partial charge is 0.376 e. The molecule has 6 heteroatoms. The van der Waals surface area contributed by atoms with Crippen molar-refractivity contribution in [1.82, 2.24) is 14.5 Å². The van der Waals surface area contributed by atoms with Crippen LogP contribution >= 0.6 is 0 Å². The quantitative estimate of drug-likeness (QED) is 0.906. The number of aromatic nitrogens is 3. The number of H-pyrrole nitrogens is 1. The lowest BCUT2D eigenvalue weighted by Crippen LogP contribution is -2.17. The normalized spacial score (nSPS) is 14.2. The molecule has 1 aliphatic rings. The summed E-state index contributed by atoms with van der Waals surface area (Å²) >= 11 is 0. The Labute approximate surface area is 123 Å². The highest BCUT2D eigenvalue weighted by molar-refractivity contribution is 6.02. The fourth-order valence-electron chi connectivity index (χ4n) is 2.51. The van der Waals surface area contributed by atoms with Gasteiger partial charge in [-0.2, -0.15) is 0 Å². The van der Waals surface area contributed by atoms with Gasteiger partial charge in [-0.25, -0.2) is 4.98 Å². The molecule has 6 nitrogen and oxygen atoms in total. The van der Waals surface area contributed by atoms with Crippen LogP contribution in [0.3, 0.4) is 0 Å². The van der Waals surface area contributed by atoms with Crippen molar-refractivity contribution in [2.45, 2.75) is 33.4 Å². The van der Waals surface area contributed by atoms with Gasteiger partial charge >= 0.3 is 0 Å².